The summed E-state index contributed by atoms with van der Waals surface area (Å²) in [6, 6.07) is 63.7. The lowest BCUT2D eigenvalue weighted by molar-refractivity contribution is 0.902. The smallest absolute Gasteiger partial charge is 0.251 e. The van der Waals surface area contributed by atoms with Gasteiger partial charge in [0.15, 0.2) is 0 Å². The lowest BCUT2D eigenvalue weighted by Gasteiger charge is -2.13. The van der Waals surface area contributed by atoms with E-state index in [1.165, 1.54) is 21.6 Å². The zero-order chi connectivity index (χ0) is 43.8. The Labute approximate surface area is 383 Å². The first-order valence-electron chi connectivity index (χ1n) is 20.9. The van der Waals surface area contributed by atoms with Gasteiger partial charge in [-0.2, -0.15) is 29.5 Å². The zero-order valence-corrected chi connectivity index (χ0v) is 36.2. The normalized spacial score (nSPS) is 11.9. The number of aromatic nitrogens is 10. The maximum atomic E-state index is 5.09. The van der Waals surface area contributed by atoms with Crippen LogP contribution in [0.3, 0.4) is 0 Å². The Kier molecular flexibility index (Phi) is 9.95. The molecule has 0 N–H and O–H groups in total. The maximum absolute atomic E-state index is 5.09. The van der Waals surface area contributed by atoms with Gasteiger partial charge in [0.1, 0.15) is 22.4 Å². The summed E-state index contributed by atoms with van der Waals surface area (Å²) in [5.41, 5.74) is 10.8. The highest BCUT2D eigenvalue weighted by molar-refractivity contribution is 8.76. The molecule has 314 valence electrons. The van der Waals surface area contributed by atoms with Gasteiger partial charge in [0.25, 0.3) is 11.6 Å². The van der Waals surface area contributed by atoms with Crippen molar-refractivity contribution in [2.45, 2.75) is 10.3 Å². The van der Waals surface area contributed by atoms with E-state index < -0.39 is 0 Å². The van der Waals surface area contributed by atoms with E-state index in [1.807, 2.05) is 203 Å². The molecule has 0 amide bonds. The first kappa shape index (κ1) is 39.0. The average molecular weight is 893 g/mol. The highest BCUT2D eigenvalue weighted by Crippen LogP contribution is 2.45. The first-order chi connectivity index (χ1) is 32.7. The molecule has 0 bridgehead atoms. The summed E-state index contributed by atoms with van der Waals surface area (Å²) < 4.78 is 7.55. The second kappa shape index (κ2) is 16.8. The van der Waals surface area contributed by atoms with E-state index in [4.69, 9.17) is 51.0 Å². The number of hydrogen-bond acceptors (Lipinski definition) is 12. The largest absolute Gasteiger partial charge is 0.258 e. The molecule has 0 radical (unpaired) electrons. The molecular weight excluding hydrogens is 861 g/mol. The van der Waals surface area contributed by atoms with Crippen molar-refractivity contribution in [1.29, 1.82) is 0 Å². The van der Waals surface area contributed by atoms with Gasteiger partial charge in [-0.3, -0.25) is 8.80 Å². The zero-order valence-electron chi connectivity index (χ0n) is 34.6. The van der Waals surface area contributed by atoms with Crippen molar-refractivity contribution >= 4 is 66.9 Å². The van der Waals surface area contributed by atoms with E-state index in [-0.39, 0.29) is 0 Å². The molecule has 6 aromatic carbocycles. The molecule has 14 nitrogen and oxygen atoms in total. The molecule has 0 saturated carbocycles. The number of rotatable bonds is 11. The molecule has 0 aliphatic rings. The van der Waals surface area contributed by atoms with Crippen LogP contribution in [-0.2, 0) is 0 Å². The lowest BCUT2D eigenvalue weighted by Crippen LogP contribution is -2.03. The van der Waals surface area contributed by atoms with Crippen molar-refractivity contribution in [1.82, 2.24) is 48.4 Å². The van der Waals surface area contributed by atoms with Gasteiger partial charge in [0.2, 0.25) is 10.3 Å². The standard InChI is InChI=1S/C50H32N14S2/c1-7-19-33(20-8-1)39-31-41-43(53-51-37-27-15-5-16-28-37)45(35-23-11-3-12-24-35)61-47(63(41)59-39)55-57-49(61)65-66-50-58-56-48-62(50)46(36-25-13-4-14-26-36)44(54-52-38-29-17-6-18-30-38)42-32-40(60-64(42)48)34-21-9-2-10-22-34/h1-32H. The van der Waals surface area contributed by atoms with Gasteiger partial charge < -0.3 is 0 Å². The van der Waals surface area contributed by atoms with Gasteiger partial charge in [-0.05, 0) is 58.0 Å². The van der Waals surface area contributed by atoms with E-state index in [2.05, 4.69) is 0 Å². The summed E-state index contributed by atoms with van der Waals surface area (Å²) in [4.78, 5) is 0. The summed E-state index contributed by atoms with van der Waals surface area (Å²) >= 11 is 0. The highest BCUT2D eigenvalue weighted by atomic mass is 33.1. The Hall–Kier alpha value is -8.60. The van der Waals surface area contributed by atoms with Crippen molar-refractivity contribution in [2.75, 3.05) is 0 Å². The molecule has 0 saturated heterocycles. The summed E-state index contributed by atoms with van der Waals surface area (Å²) in [6.07, 6.45) is 0. The Morgan fingerprint density at radius 1 is 0.348 bits per heavy atom. The van der Waals surface area contributed by atoms with E-state index in [0.29, 0.717) is 44.6 Å². The predicted molar refractivity (Wildman–Crippen MR) is 258 cm³/mol. The van der Waals surface area contributed by atoms with Crippen molar-refractivity contribution in [3.8, 4) is 45.0 Å². The second-order valence-electron chi connectivity index (χ2n) is 15.0. The van der Waals surface area contributed by atoms with Crippen molar-refractivity contribution in [2.24, 2.45) is 20.5 Å². The molecule has 6 heterocycles. The number of azo groups is 2. The minimum absolute atomic E-state index is 0.499. The molecule has 0 aliphatic carbocycles. The average Bonchev–Trinajstić information content (AvgIpc) is 4.21. The molecule has 0 aliphatic heterocycles. The molecule has 66 heavy (non-hydrogen) atoms. The van der Waals surface area contributed by atoms with Crippen LogP contribution in [0.4, 0.5) is 22.7 Å². The number of benzene rings is 6. The van der Waals surface area contributed by atoms with Crippen LogP contribution in [0.2, 0.25) is 0 Å². The SMILES string of the molecule is c1ccc(N=Nc2c(-c3ccccc3)n3c(SSc4nnc5n4c(-c4ccccc4)c(N=Nc4ccccc4)c4cc(-c6ccccc6)nn45)nnc3n3nc(-c4ccccc4)cc23)cc1. The molecule has 0 fully saturated rings. The monoisotopic (exact) mass is 892 g/mol. The second-order valence-corrected chi connectivity index (χ2v) is 17.0. The van der Waals surface area contributed by atoms with Gasteiger partial charge >= 0.3 is 0 Å². The molecule has 6 aromatic heterocycles. The third-order valence-corrected chi connectivity index (χ3v) is 12.9. The van der Waals surface area contributed by atoms with E-state index in [0.717, 1.165) is 56.1 Å². The molecule has 0 unspecified atom stereocenters. The topological polar surface area (TPSA) is 144 Å². The quantitative estimate of drug-likeness (QED) is 0.0922. The lowest BCUT2D eigenvalue weighted by atomic mass is 10.1. The highest BCUT2D eigenvalue weighted by Gasteiger charge is 2.27. The van der Waals surface area contributed by atoms with Crippen LogP contribution in [0.5, 0.6) is 0 Å². The van der Waals surface area contributed by atoms with Crippen LogP contribution in [0, 0.1) is 0 Å². The molecule has 12 rings (SSSR count). The summed E-state index contributed by atoms with van der Waals surface area (Å²) in [6.45, 7) is 0. The fourth-order valence-electron chi connectivity index (χ4n) is 7.86. The van der Waals surface area contributed by atoms with E-state index >= 15 is 0 Å². The molecule has 12 aromatic rings. The van der Waals surface area contributed by atoms with Crippen LogP contribution in [-0.4, -0.2) is 48.4 Å². The van der Waals surface area contributed by atoms with Crippen molar-refractivity contribution in [3.05, 3.63) is 194 Å². The van der Waals surface area contributed by atoms with Crippen molar-refractivity contribution in [3.63, 3.8) is 0 Å². The fourth-order valence-corrected chi connectivity index (χ4v) is 9.74. The molecule has 16 heteroatoms. The van der Waals surface area contributed by atoms with Crippen molar-refractivity contribution < 1.29 is 0 Å². The third kappa shape index (κ3) is 7.06. The van der Waals surface area contributed by atoms with Gasteiger partial charge in [-0.15, -0.1) is 30.6 Å². The summed E-state index contributed by atoms with van der Waals surface area (Å²) in [7, 11) is 2.77. The fraction of sp³-hybridized carbons (Fsp3) is 0. The number of fused-ring (bicyclic) bond motifs is 6. The predicted octanol–water partition coefficient (Wildman–Crippen LogP) is 13.4. The number of nitrogens with zero attached hydrogens (tertiary/aromatic N) is 14. The first-order valence-corrected chi connectivity index (χ1v) is 23.0. The molecule has 0 atom stereocenters. The minimum Gasteiger partial charge on any atom is -0.251 e. The Morgan fingerprint density at radius 3 is 1.05 bits per heavy atom. The molecule has 0 spiro atoms. The minimum atomic E-state index is 0.499. The van der Waals surface area contributed by atoms with Gasteiger partial charge in [-0.25, -0.2) is 0 Å². The summed E-state index contributed by atoms with van der Waals surface area (Å²) in [5.74, 6) is 0.998. The van der Waals surface area contributed by atoms with Crippen LogP contribution < -0.4 is 0 Å². The van der Waals surface area contributed by atoms with Crippen LogP contribution >= 0.6 is 21.6 Å². The van der Waals surface area contributed by atoms with E-state index in [1.54, 1.807) is 9.03 Å². The molecular formula is C50H32N14S2. The van der Waals surface area contributed by atoms with E-state index in [9.17, 15) is 0 Å². The number of hydrogen-bond donors (Lipinski definition) is 0. The Bertz CT molecular complexity index is 3490. The van der Waals surface area contributed by atoms with Crippen LogP contribution in [0.25, 0.3) is 67.6 Å². The Morgan fingerprint density at radius 2 is 0.682 bits per heavy atom. The van der Waals surface area contributed by atoms with Crippen LogP contribution in [0.15, 0.2) is 225 Å². The van der Waals surface area contributed by atoms with Gasteiger partial charge in [0.05, 0.1) is 34.2 Å². The van der Waals surface area contributed by atoms with Gasteiger partial charge in [-0.1, -0.05) is 158 Å². The van der Waals surface area contributed by atoms with Gasteiger partial charge in [0, 0.05) is 22.3 Å². The summed E-state index contributed by atoms with van der Waals surface area (Å²) in [5, 5.41) is 49.9. The third-order valence-electron chi connectivity index (χ3n) is 10.9. The van der Waals surface area contributed by atoms with Crippen LogP contribution in [0.1, 0.15) is 0 Å². The Balaban J connectivity index is 1.06. The maximum Gasteiger partial charge on any atom is 0.258 e.